The molecule has 2 aromatic rings. The van der Waals surface area contributed by atoms with Gasteiger partial charge in [0.2, 0.25) is 0 Å². The zero-order valence-corrected chi connectivity index (χ0v) is 10.1. The minimum Gasteiger partial charge on any atom is -0.296 e. The Bertz CT molecular complexity index is 478. The summed E-state index contributed by atoms with van der Waals surface area (Å²) in [6, 6.07) is 7.79. The molecule has 0 saturated heterocycles. The molecule has 2 nitrogen and oxygen atoms in total. The standard InChI is InChI=1S/C12H10ClNOS/c13-10-4-1-9(2-5-10)3-6-12-14-11(7-15)8-16-12/h1-2,4-5,7-8H,3,6H2. The van der Waals surface area contributed by atoms with Gasteiger partial charge in [0.1, 0.15) is 5.69 Å². The number of hydrogen-bond acceptors (Lipinski definition) is 3. The van der Waals surface area contributed by atoms with Crippen molar-refractivity contribution in [1.29, 1.82) is 0 Å². The Balaban J connectivity index is 1.96. The fourth-order valence-corrected chi connectivity index (χ4v) is 2.27. The quantitative estimate of drug-likeness (QED) is 0.780. The van der Waals surface area contributed by atoms with Crippen LogP contribution in [-0.4, -0.2) is 11.3 Å². The van der Waals surface area contributed by atoms with E-state index in [1.807, 2.05) is 24.3 Å². The van der Waals surface area contributed by atoms with Crippen LogP contribution in [0.1, 0.15) is 21.1 Å². The van der Waals surface area contributed by atoms with Gasteiger partial charge in [0, 0.05) is 16.8 Å². The van der Waals surface area contributed by atoms with Crippen LogP contribution in [0.15, 0.2) is 29.6 Å². The summed E-state index contributed by atoms with van der Waals surface area (Å²) in [5, 5.41) is 3.53. The molecule has 0 N–H and O–H groups in total. The maximum absolute atomic E-state index is 10.5. The smallest absolute Gasteiger partial charge is 0.169 e. The maximum atomic E-state index is 10.5. The summed E-state index contributed by atoms with van der Waals surface area (Å²) < 4.78 is 0. The Hall–Kier alpha value is -1.19. The highest BCUT2D eigenvalue weighted by Crippen LogP contribution is 2.14. The average molecular weight is 252 g/mol. The van der Waals surface area contributed by atoms with E-state index in [-0.39, 0.29) is 0 Å². The molecule has 0 amide bonds. The van der Waals surface area contributed by atoms with Gasteiger partial charge in [0.25, 0.3) is 0 Å². The summed E-state index contributed by atoms with van der Waals surface area (Å²) in [6.45, 7) is 0. The second-order valence-corrected chi connectivity index (χ2v) is 4.79. The second-order valence-electron chi connectivity index (χ2n) is 3.41. The molecular formula is C12H10ClNOS. The molecule has 1 aromatic carbocycles. The highest BCUT2D eigenvalue weighted by atomic mass is 35.5. The van der Waals surface area contributed by atoms with Gasteiger partial charge in [-0.25, -0.2) is 4.98 Å². The molecule has 0 spiro atoms. The lowest BCUT2D eigenvalue weighted by atomic mass is 10.1. The van der Waals surface area contributed by atoms with Crippen LogP contribution in [0.3, 0.4) is 0 Å². The lowest BCUT2D eigenvalue weighted by molar-refractivity contribution is 0.111. The zero-order chi connectivity index (χ0) is 11.4. The van der Waals surface area contributed by atoms with E-state index in [1.165, 1.54) is 16.9 Å². The van der Waals surface area contributed by atoms with E-state index in [4.69, 9.17) is 11.6 Å². The number of hydrogen-bond donors (Lipinski definition) is 0. The summed E-state index contributed by atoms with van der Waals surface area (Å²) in [7, 11) is 0. The molecule has 0 radical (unpaired) electrons. The summed E-state index contributed by atoms with van der Waals surface area (Å²) in [5.74, 6) is 0. The third-order valence-corrected chi connectivity index (χ3v) is 3.41. The van der Waals surface area contributed by atoms with Crippen molar-refractivity contribution in [3.63, 3.8) is 0 Å². The van der Waals surface area contributed by atoms with Crippen molar-refractivity contribution in [2.75, 3.05) is 0 Å². The normalized spacial score (nSPS) is 10.3. The molecule has 2 rings (SSSR count). The molecule has 0 fully saturated rings. The molecule has 4 heteroatoms. The Kier molecular flexibility index (Phi) is 3.70. The fourth-order valence-electron chi connectivity index (χ4n) is 1.40. The molecule has 0 bridgehead atoms. The van der Waals surface area contributed by atoms with Crippen LogP contribution in [0, 0.1) is 0 Å². The number of thiazole rings is 1. The number of carbonyl (C=O) groups is 1. The van der Waals surface area contributed by atoms with Crippen molar-refractivity contribution in [3.05, 3.63) is 50.9 Å². The van der Waals surface area contributed by atoms with Gasteiger partial charge in [-0.1, -0.05) is 23.7 Å². The van der Waals surface area contributed by atoms with Crippen molar-refractivity contribution in [3.8, 4) is 0 Å². The minimum atomic E-state index is 0.524. The number of aryl methyl sites for hydroxylation is 2. The van der Waals surface area contributed by atoms with Gasteiger partial charge < -0.3 is 0 Å². The summed E-state index contributed by atoms with van der Waals surface area (Å²) in [5.41, 5.74) is 1.75. The van der Waals surface area contributed by atoms with Gasteiger partial charge in [-0.15, -0.1) is 11.3 Å². The first-order valence-corrected chi connectivity index (χ1v) is 6.18. The van der Waals surface area contributed by atoms with Crippen LogP contribution in [0.25, 0.3) is 0 Å². The van der Waals surface area contributed by atoms with Gasteiger partial charge in [-0.2, -0.15) is 0 Å². The predicted octanol–water partition coefficient (Wildman–Crippen LogP) is 3.39. The monoisotopic (exact) mass is 251 g/mol. The van der Waals surface area contributed by atoms with Crippen LogP contribution in [0.2, 0.25) is 5.02 Å². The van der Waals surface area contributed by atoms with Gasteiger partial charge in [0.15, 0.2) is 6.29 Å². The lowest BCUT2D eigenvalue weighted by Crippen LogP contribution is -1.91. The Morgan fingerprint density at radius 3 is 2.62 bits per heavy atom. The van der Waals surface area contributed by atoms with Crippen LogP contribution in [0.4, 0.5) is 0 Å². The number of aromatic nitrogens is 1. The van der Waals surface area contributed by atoms with Crippen LogP contribution in [0.5, 0.6) is 0 Å². The SMILES string of the molecule is O=Cc1csc(CCc2ccc(Cl)cc2)n1. The fraction of sp³-hybridized carbons (Fsp3) is 0.167. The molecule has 82 valence electrons. The largest absolute Gasteiger partial charge is 0.296 e. The molecule has 0 aliphatic heterocycles. The lowest BCUT2D eigenvalue weighted by Gasteiger charge is -1.98. The van der Waals surface area contributed by atoms with E-state index in [1.54, 1.807) is 5.38 Å². The third-order valence-electron chi connectivity index (χ3n) is 2.23. The Labute approximate surface area is 103 Å². The van der Waals surface area contributed by atoms with Crippen molar-refractivity contribution in [1.82, 2.24) is 4.98 Å². The molecule has 0 atom stereocenters. The number of aldehydes is 1. The second kappa shape index (κ2) is 5.23. The molecule has 1 heterocycles. The van der Waals surface area contributed by atoms with E-state index in [0.717, 1.165) is 29.2 Å². The van der Waals surface area contributed by atoms with Gasteiger partial charge >= 0.3 is 0 Å². The maximum Gasteiger partial charge on any atom is 0.169 e. The van der Waals surface area contributed by atoms with Crippen molar-refractivity contribution >= 4 is 29.2 Å². The first-order chi connectivity index (χ1) is 7.78. The highest BCUT2D eigenvalue weighted by Gasteiger charge is 2.01. The molecular weight excluding hydrogens is 242 g/mol. The first kappa shape index (κ1) is 11.3. The first-order valence-electron chi connectivity index (χ1n) is 4.92. The van der Waals surface area contributed by atoms with Crippen molar-refractivity contribution < 1.29 is 4.79 Å². The van der Waals surface area contributed by atoms with Crippen molar-refractivity contribution in [2.24, 2.45) is 0 Å². The molecule has 0 saturated carbocycles. The topological polar surface area (TPSA) is 30.0 Å². The molecule has 1 aromatic heterocycles. The van der Waals surface area contributed by atoms with Crippen LogP contribution >= 0.6 is 22.9 Å². The number of nitrogens with zero attached hydrogens (tertiary/aromatic N) is 1. The van der Waals surface area contributed by atoms with E-state index in [0.29, 0.717) is 5.69 Å². The summed E-state index contributed by atoms with van der Waals surface area (Å²) in [4.78, 5) is 14.6. The summed E-state index contributed by atoms with van der Waals surface area (Å²) in [6.07, 6.45) is 2.56. The van der Waals surface area contributed by atoms with Gasteiger partial charge in [-0.3, -0.25) is 4.79 Å². The van der Waals surface area contributed by atoms with E-state index in [9.17, 15) is 4.79 Å². The zero-order valence-electron chi connectivity index (χ0n) is 8.52. The van der Waals surface area contributed by atoms with Crippen LogP contribution in [-0.2, 0) is 12.8 Å². The van der Waals surface area contributed by atoms with Crippen molar-refractivity contribution in [2.45, 2.75) is 12.8 Å². The van der Waals surface area contributed by atoms with E-state index >= 15 is 0 Å². The van der Waals surface area contributed by atoms with Gasteiger partial charge in [-0.05, 0) is 24.1 Å². The Morgan fingerprint density at radius 2 is 2.00 bits per heavy atom. The molecule has 0 unspecified atom stereocenters. The highest BCUT2D eigenvalue weighted by molar-refractivity contribution is 7.09. The number of benzene rings is 1. The molecule has 0 aliphatic rings. The number of carbonyl (C=O) groups excluding carboxylic acids is 1. The van der Waals surface area contributed by atoms with Crippen LogP contribution < -0.4 is 0 Å². The minimum absolute atomic E-state index is 0.524. The molecule has 0 aliphatic carbocycles. The third kappa shape index (κ3) is 2.90. The average Bonchev–Trinajstić information content (AvgIpc) is 2.76. The van der Waals surface area contributed by atoms with Gasteiger partial charge in [0.05, 0.1) is 5.01 Å². The number of rotatable bonds is 4. The van der Waals surface area contributed by atoms with E-state index < -0.39 is 0 Å². The predicted molar refractivity (Wildman–Crippen MR) is 66.4 cm³/mol. The summed E-state index contributed by atoms with van der Waals surface area (Å²) >= 11 is 7.33. The molecule has 16 heavy (non-hydrogen) atoms. The van der Waals surface area contributed by atoms with E-state index in [2.05, 4.69) is 4.98 Å². The Morgan fingerprint density at radius 1 is 1.25 bits per heavy atom. The number of halogens is 1.